The lowest BCUT2D eigenvalue weighted by Crippen LogP contribution is -2.35. The fraction of sp³-hybridized carbons (Fsp3) is 0.455. The van der Waals surface area contributed by atoms with Crippen molar-refractivity contribution in [3.05, 3.63) is 29.3 Å². The number of morpholine rings is 1. The average molecular weight is 187 g/mol. The molecule has 1 aliphatic rings. The second-order valence-corrected chi connectivity index (χ2v) is 3.76. The van der Waals surface area contributed by atoms with Gasteiger partial charge in [-0.1, -0.05) is 29.2 Å². The second-order valence-electron chi connectivity index (χ2n) is 3.76. The van der Waals surface area contributed by atoms with E-state index < -0.39 is 0 Å². The highest BCUT2D eigenvalue weighted by Crippen LogP contribution is 2.15. The molecule has 1 aromatic rings. The van der Waals surface area contributed by atoms with Gasteiger partial charge in [0.2, 0.25) is 0 Å². The lowest BCUT2D eigenvalue weighted by atomic mass is 9.90. The van der Waals surface area contributed by atoms with Gasteiger partial charge in [0.1, 0.15) is 7.85 Å². The number of aryl methyl sites for hydroxylation is 1. The monoisotopic (exact) mass is 187 g/mol. The third-order valence-corrected chi connectivity index (χ3v) is 2.45. The van der Waals surface area contributed by atoms with E-state index >= 15 is 0 Å². The molecule has 2 rings (SSSR count). The molecule has 0 aliphatic carbocycles. The van der Waals surface area contributed by atoms with Gasteiger partial charge in [-0.25, -0.2) is 0 Å². The molecule has 1 heterocycles. The molecule has 1 atom stereocenters. The Morgan fingerprint density at radius 2 is 2.29 bits per heavy atom. The first-order valence-electron chi connectivity index (χ1n) is 4.94. The lowest BCUT2D eigenvalue weighted by molar-refractivity contribution is 0.0769. The molecule has 72 valence electrons. The number of nitrogens with one attached hydrogen (secondary N) is 1. The van der Waals surface area contributed by atoms with E-state index in [2.05, 4.69) is 18.3 Å². The summed E-state index contributed by atoms with van der Waals surface area (Å²) in [5.74, 6) is 0. The van der Waals surface area contributed by atoms with E-state index in [-0.39, 0.29) is 0 Å². The van der Waals surface area contributed by atoms with Crippen LogP contribution in [0.2, 0.25) is 0 Å². The van der Waals surface area contributed by atoms with E-state index in [9.17, 15) is 0 Å². The van der Waals surface area contributed by atoms with Crippen molar-refractivity contribution in [2.24, 2.45) is 0 Å². The van der Waals surface area contributed by atoms with Gasteiger partial charge in [0.15, 0.2) is 0 Å². The maximum absolute atomic E-state index is 5.80. The van der Waals surface area contributed by atoms with Gasteiger partial charge in [-0.2, -0.15) is 0 Å². The zero-order chi connectivity index (χ0) is 9.97. The van der Waals surface area contributed by atoms with Crippen molar-refractivity contribution in [2.75, 3.05) is 19.8 Å². The molecule has 2 nitrogen and oxygen atoms in total. The molecule has 2 radical (unpaired) electrons. The molecule has 1 N–H and O–H groups in total. The molecule has 1 aromatic carbocycles. The molecule has 0 bridgehead atoms. The first kappa shape index (κ1) is 9.75. The molecule has 0 amide bonds. The van der Waals surface area contributed by atoms with Crippen LogP contribution in [0.15, 0.2) is 18.2 Å². The highest BCUT2D eigenvalue weighted by Gasteiger charge is 2.14. The van der Waals surface area contributed by atoms with Crippen molar-refractivity contribution >= 4 is 13.3 Å². The van der Waals surface area contributed by atoms with E-state index in [1.807, 2.05) is 12.1 Å². The molecule has 1 fully saturated rings. The minimum atomic E-state index is 0.297. The number of rotatable bonds is 1. The van der Waals surface area contributed by atoms with Gasteiger partial charge in [0.25, 0.3) is 0 Å². The zero-order valence-electron chi connectivity index (χ0n) is 8.42. The van der Waals surface area contributed by atoms with Crippen LogP contribution in [-0.4, -0.2) is 27.6 Å². The van der Waals surface area contributed by atoms with Gasteiger partial charge in [-0.15, -0.1) is 0 Å². The van der Waals surface area contributed by atoms with Crippen LogP contribution < -0.4 is 10.8 Å². The van der Waals surface area contributed by atoms with Gasteiger partial charge in [-0.3, -0.25) is 0 Å². The highest BCUT2D eigenvalue weighted by molar-refractivity contribution is 6.32. The van der Waals surface area contributed by atoms with Crippen LogP contribution in [0.5, 0.6) is 0 Å². The number of ether oxygens (including phenoxy) is 1. The molecule has 0 aromatic heterocycles. The van der Waals surface area contributed by atoms with Crippen molar-refractivity contribution in [3.8, 4) is 0 Å². The highest BCUT2D eigenvalue weighted by atomic mass is 16.5. The number of hydrogen-bond acceptors (Lipinski definition) is 2. The van der Waals surface area contributed by atoms with Gasteiger partial charge >= 0.3 is 0 Å². The van der Waals surface area contributed by atoms with Crippen molar-refractivity contribution in [1.82, 2.24) is 5.32 Å². The summed E-state index contributed by atoms with van der Waals surface area (Å²) < 4.78 is 5.41. The molecule has 14 heavy (non-hydrogen) atoms. The predicted molar refractivity (Wildman–Crippen MR) is 58.1 cm³/mol. The van der Waals surface area contributed by atoms with Crippen molar-refractivity contribution < 1.29 is 4.74 Å². The van der Waals surface area contributed by atoms with Gasteiger partial charge in [0, 0.05) is 6.54 Å². The van der Waals surface area contributed by atoms with E-state index in [1.54, 1.807) is 0 Å². The zero-order valence-corrected chi connectivity index (χ0v) is 8.42. The third-order valence-electron chi connectivity index (χ3n) is 2.45. The van der Waals surface area contributed by atoms with Crippen molar-refractivity contribution in [1.29, 1.82) is 0 Å². The van der Waals surface area contributed by atoms with Crippen LogP contribution in [0.25, 0.3) is 0 Å². The summed E-state index contributed by atoms with van der Waals surface area (Å²) in [6, 6.07) is 6.45. The number of benzene rings is 1. The summed E-state index contributed by atoms with van der Waals surface area (Å²) in [7, 11) is 5.80. The van der Waals surface area contributed by atoms with Crippen LogP contribution in [0.3, 0.4) is 0 Å². The van der Waals surface area contributed by atoms with E-state index in [1.165, 1.54) is 11.1 Å². The van der Waals surface area contributed by atoms with Crippen molar-refractivity contribution in [2.45, 2.75) is 13.0 Å². The molecule has 0 spiro atoms. The van der Waals surface area contributed by atoms with Gasteiger partial charge < -0.3 is 10.1 Å². The first-order chi connectivity index (χ1) is 6.75. The Bertz CT molecular complexity index is 301. The molecular weight excluding hydrogens is 173 g/mol. The normalized spacial score (nSPS) is 22.2. The smallest absolute Gasteiger partial charge is 0.113 e. The Labute approximate surface area is 86.1 Å². The van der Waals surface area contributed by atoms with Crippen LogP contribution in [-0.2, 0) is 4.74 Å². The first-order valence-corrected chi connectivity index (χ1v) is 4.94. The molecule has 0 unspecified atom stereocenters. The molecule has 3 heteroatoms. The maximum Gasteiger partial charge on any atom is 0.113 e. The predicted octanol–water partition coefficient (Wildman–Crippen LogP) is 0.450. The quantitative estimate of drug-likeness (QED) is 0.644. The SMILES string of the molecule is [B]c1cc(C)cc([C@@H]2COCCN2)c1. The van der Waals surface area contributed by atoms with E-state index in [0.717, 1.165) is 25.2 Å². The van der Waals surface area contributed by atoms with Gasteiger partial charge in [0.05, 0.1) is 19.3 Å². The Hall–Kier alpha value is -0.795. The summed E-state index contributed by atoms with van der Waals surface area (Å²) in [4.78, 5) is 0. The summed E-state index contributed by atoms with van der Waals surface area (Å²) in [5.41, 5.74) is 3.25. The molecule has 1 saturated heterocycles. The lowest BCUT2D eigenvalue weighted by Gasteiger charge is -2.24. The van der Waals surface area contributed by atoms with Crippen LogP contribution >= 0.6 is 0 Å². The van der Waals surface area contributed by atoms with Crippen LogP contribution in [0.1, 0.15) is 17.2 Å². The third kappa shape index (κ3) is 2.17. The minimum Gasteiger partial charge on any atom is -0.378 e. The topological polar surface area (TPSA) is 21.3 Å². The Balaban J connectivity index is 2.21. The summed E-state index contributed by atoms with van der Waals surface area (Å²) in [6.07, 6.45) is 0. The molecule has 1 aliphatic heterocycles. The molecular formula is C11H14BNO. The van der Waals surface area contributed by atoms with Crippen molar-refractivity contribution in [3.63, 3.8) is 0 Å². The average Bonchev–Trinajstić information content (AvgIpc) is 2.18. The largest absolute Gasteiger partial charge is 0.378 e. The van der Waals surface area contributed by atoms with Gasteiger partial charge in [-0.05, 0) is 12.5 Å². The maximum atomic E-state index is 5.80. The Morgan fingerprint density at radius 3 is 2.93 bits per heavy atom. The molecule has 0 saturated carbocycles. The minimum absolute atomic E-state index is 0.297. The summed E-state index contributed by atoms with van der Waals surface area (Å²) in [6.45, 7) is 4.52. The Morgan fingerprint density at radius 1 is 1.43 bits per heavy atom. The fourth-order valence-electron chi connectivity index (χ4n) is 1.82. The van der Waals surface area contributed by atoms with Crippen LogP contribution in [0.4, 0.5) is 0 Å². The summed E-state index contributed by atoms with van der Waals surface area (Å²) in [5, 5.41) is 3.41. The van der Waals surface area contributed by atoms with E-state index in [4.69, 9.17) is 12.6 Å². The summed E-state index contributed by atoms with van der Waals surface area (Å²) >= 11 is 0. The second kappa shape index (κ2) is 4.15. The number of hydrogen-bond donors (Lipinski definition) is 1. The van der Waals surface area contributed by atoms with E-state index in [0.29, 0.717) is 6.04 Å². The standard InChI is InChI=1S/C11H14BNO/c1-8-4-9(6-10(12)5-8)11-7-14-3-2-13-11/h4-6,11,13H,2-3,7H2,1H3/t11-/m0/s1. The Kier molecular flexibility index (Phi) is 2.89. The van der Waals surface area contributed by atoms with Crippen LogP contribution in [0, 0.1) is 6.92 Å². The fourth-order valence-corrected chi connectivity index (χ4v) is 1.82.